The van der Waals surface area contributed by atoms with Crippen molar-refractivity contribution in [3.05, 3.63) is 30.6 Å². The van der Waals surface area contributed by atoms with E-state index in [2.05, 4.69) is 37.7 Å². The number of rotatable bonds is 3. The van der Waals surface area contributed by atoms with Crippen LogP contribution in [0.15, 0.2) is 30.6 Å². The third-order valence-electron chi connectivity index (χ3n) is 5.68. The zero-order valence-corrected chi connectivity index (χ0v) is 15.5. The van der Waals surface area contributed by atoms with Crippen LogP contribution in [0.1, 0.15) is 26.2 Å². The highest BCUT2D eigenvalue weighted by atomic mass is 16.2. The molecule has 0 spiro atoms. The van der Waals surface area contributed by atoms with Crippen molar-refractivity contribution in [2.75, 3.05) is 44.2 Å². The maximum absolute atomic E-state index is 12.7. The van der Waals surface area contributed by atoms with E-state index in [9.17, 15) is 4.79 Å². The number of amides is 1. The van der Waals surface area contributed by atoms with Gasteiger partial charge < -0.3 is 9.80 Å². The Morgan fingerprint density at radius 2 is 1.88 bits per heavy atom. The molecule has 2 saturated heterocycles. The van der Waals surface area contributed by atoms with Crippen molar-refractivity contribution in [3.63, 3.8) is 0 Å². The first-order valence-electron chi connectivity index (χ1n) is 9.69. The van der Waals surface area contributed by atoms with Crippen molar-refractivity contribution >= 4 is 22.6 Å². The van der Waals surface area contributed by atoms with Gasteiger partial charge in [-0.15, -0.1) is 0 Å². The van der Waals surface area contributed by atoms with Crippen molar-refractivity contribution in [2.45, 2.75) is 32.2 Å². The van der Waals surface area contributed by atoms with Gasteiger partial charge in [-0.05, 0) is 38.3 Å². The molecule has 26 heavy (non-hydrogen) atoms. The third-order valence-corrected chi connectivity index (χ3v) is 5.68. The molecule has 1 aromatic heterocycles. The highest BCUT2D eigenvalue weighted by molar-refractivity contribution is 5.89. The predicted octanol–water partition coefficient (Wildman–Crippen LogP) is 2.15. The van der Waals surface area contributed by atoms with Gasteiger partial charge in [-0.1, -0.05) is 12.1 Å². The number of carbonyl (C=O) groups is 1. The number of nitrogens with zero attached hydrogens (tertiary/aromatic N) is 5. The first-order chi connectivity index (χ1) is 12.7. The second-order valence-corrected chi connectivity index (χ2v) is 7.41. The molecule has 4 rings (SSSR count). The number of hydrogen-bond donors (Lipinski definition) is 0. The Balaban J connectivity index is 1.37. The van der Waals surface area contributed by atoms with Crippen LogP contribution in [0.25, 0.3) is 10.9 Å². The fraction of sp³-hybridized carbons (Fsp3) is 0.550. The number of para-hydroxylation sites is 1. The molecular weight excluding hydrogens is 326 g/mol. The van der Waals surface area contributed by atoms with Crippen LogP contribution in [0.5, 0.6) is 0 Å². The predicted molar refractivity (Wildman–Crippen MR) is 103 cm³/mol. The van der Waals surface area contributed by atoms with E-state index < -0.39 is 0 Å². The summed E-state index contributed by atoms with van der Waals surface area (Å²) in [5.41, 5.74) is 0.981. The molecule has 0 radical (unpaired) electrons. The number of benzene rings is 1. The SMILES string of the molecule is C[C@H]1CCCCN1C(=O)CN1CCN(c2ncnc3ccccc23)CC1. The Bertz CT molecular complexity index is 766. The van der Waals surface area contributed by atoms with Crippen LogP contribution >= 0.6 is 0 Å². The minimum absolute atomic E-state index is 0.290. The van der Waals surface area contributed by atoms with E-state index in [1.165, 1.54) is 6.42 Å². The third kappa shape index (κ3) is 3.51. The van der Waals surface area contributed by atoms with E-state index >= 15 is 0 Å². The molecule has 1 atom stereocenters. The topological polar surface area (TPSA) is 52.6 Å². The fourth-order valence-corrected chi connectivity index (χ4v) is 4.11. The molecule has 6 nitrogen and oxygen atoms in total. The summed E-state index contributed by atoms with van der Waals surface area (Å²) in [6.45, 7) is 7.22. The van der Waals surface area contributed by atoms with Gasteiger partial charge in [0.15, 0.2) is 0 Å². The van der Waals surface area contributed by atoms with Crippen LogP contribution < -0.4 is 4.90 Å². The van der Waals surface area contributed by atoms with E-state index in [0.29, 0.717) is 12.6 Å². The number of fused-ring (bicyclic) bond motifs is 1. The molecule has 0 aliphatic carbocycles. The van der Waals surface area contributed by atoms with Gasteiger partial charge >= 0.3 is 0 Å². The van der Waals surface area contributed by atoms with E-state index in [4.69, 9.17) is 0 Å². The monoisotopic (exact) mass is 353 g/mol. The van der Waals surface area contributed by atoms with Crippen LogP contribution in [0.4, 0.5) is 5.82 Å². The van der Waals surface area contributed by atoms with Crippen LogP contribution in [0.2, 0.25) is 0 Å². The van der Waals surface area contributed by atoms with E-state index in [-0.39, 0.29) is 5.91 Å². The first kappa shape index (κ1) is 17.2. The van der Waals surface area contributed by atoms with Crippen molar-refractivity contribution in [1.29, 1.82) is 0 Å². The molecule has 3 heterocycles. The summed E-state index contributed by atoms with van der Waals surface area (Å²) in [5, 5.41) is 1.10. The molecule has 0 N–H and O–H groups in total. The van der Waals surface area contributed by atoms with Gasteiger partial charge in [-0.25, -0.2) is 9.97 Å². The smallest absolute Gasteiger partial charge is 0.236 e. The molecule has 1 aromatic carbocycles. The van der Waals surface area contributed by atoms with Gasteiger partial charge in [0.2, 0.25) is 5.91 Å². The van der Waals surface area contributed by atoms with Crippen LogP contribution in [-0.2, 0) is 4.79 Å². The number of piperidine rings is 1. The maximum Gasteiger partial charge on any atom is 0.236 e. The lowest BCUT2D eigenvalue weighted by Gasteiger charge is -2.38. The number of piperazine rings is 1. The summed E-state index contributed by atoms with van der Waals surface area (Å²) in [6.07, 6.45) is 5.17. The second kappa shape index (κ2) is 7.58. The quantitative estimate of drug-likeness (QED) is 0.846. The molecule has 2 aliphatic rings. The number of aromatic nitrogens is 2. The summed E-state index contributed by atoms with van der Waals surface area (Å²) >= 11 is 0. The zero-order chi connectivity index (χ0) is 17.9. The second-order valence-electron chi connectivity index (χ2n) is 7.41. The Hall–Kier alpha value is -2.21. The molecule has 138 valence electrons. The summed E-state index contributed by atoms with van der Waals surface area (Å²) in [4.78, 5) is 28.2. The van der Waals surface area contributed by atoms with Gasteiger partial charge in [0.1, 0.15) is 12.1 Å². The molecule has 6 heteroatoms. The van der Waals surface area contributed by atoms with Crippen LogP contribution in [-0.4, -0.2) is 71.0 Å². The molecule has 0 saturated carbocycles. The largest absolute Gasteiger partial charge is 0.353 e. The lowest BCUT2D eigenvalue weighted by atomic mass is 10.0. The molecule has 2 aromatic rings. The Morgan fingerprint density at radius 1 is 1.08 bits per heavy atom. The molecular formula is C20H27N5O. The number of hydrogen-bond acceptors (Lipinski definition) is 5. The fourth-order valence-electron chi connectivity index (χ4n) is 4.11. The molecule has 0 unspecified atom stereocenters. The van der Waals surface area contributed by atoms with Crippen LogP contribution in [0, 0.1) is 0 Å². The van der Waals surface area contributed by atoms with E-state index in [1.54, 1.807) is 6.33 Å². The summed E-state index contributed by atoms with van der Waals surface area (Å²) < 4.78 is 0. The highest BCUT2D eigenvalue weighted by Gasteiger charge is 2.26. The number of likely N-dealkylation sites (tertiary alicyclic amines) is 1. The molecule has 0 bridgehead atoms. The first-order valence-corrected chi connectivity index (χ1v) is 9.69. The molecule has 2 fully saturated rings. The van der Waals surface area contributed by atoms with Gasteiger partial charge in [-0.3, -0.25) is 9.69 Å². The Kier molecular flexibility index (Phi) is 5.02. The van der Waals surface area contributed by atoms with Crippen molar-refractivity contribution < 1.29 is 4.79 Å². The maximum atomic E-state index is 12.7. The van der Waals surface area contributed by atoms with E-state index in [0.717, 1.165) is 62.3 Å². The van der Waals surface area contributed by atoms with Gasteiger partial charge in [0.05, 0.1) is 12.1 Å². The van der Waals surface area contributed by atoms with Crippen LogP contribution in [0.3, 0.4) is 0 Å². The lowest BCUT2D eigenvalue weighted by molar-refractivity contribution is -0.135. The lowest BCUT2D eigenvalue weighted by Crippen LogP contribution is -2.52. The van der Waals surface area contributed by atoms with Gasteiger partial charge in [-0.2, -0.15) is 0 Å². The summed E-state index contributed by atoms with van der Waals surface area (Å²) in [7, 11) is 0. The van der Waals surface area contributed by atoms with Crippen molar-refractivity contribution in [3.8, 4) is 0 Å². The standard InChI is InChI=1S/C20H27N5O/c1-16-6-4-5-9-25(16)19(26)14-23-10-12-24(13-11-23)20-17-7-2-3-8-18(17)21-15-22-20/h2-3,7-8,15-16H,4-6,9-14H2,1H3/t16-/m0/s1. The van der Waals surface area contributed by atoms with E-state index in [1.807, 2.05) is 18.2 Å². The van der Waals surface area contributed by atoms with Gasteiger partial charge in [0.25, 0.3) is 0 Å². The summed E-state index contributed by atoms with van der Waals surface area (Å²) in [6, 6.07) is 8.53. The average molecular weight is 353 g/mol. The molecule has 1 amide bonds. The normalized spacial score (nSPS) is 22.0. The minimum atomic E-state index is 0.290. The number of anilines is 1. The highest BCUT2D eigenvalue weighted by Crippen LogP contribution is 2.23. The number of carbonyl (C=O) groups excluding carboxylic acids is 1. The Morgan fingerprint density at radius 3 is 2.69 bits per heavy atom. The van der Waals surface area contributed by atoms with Gasteiger partial charge in [0, 0.05) is 44.2 Å². The zero-order valence-electron chi connectivity index (χ0n) is 15.5. The minimum Gasteiger partial charge on any atom is -0.353 e. The van der Waals surface area contributed by atoms with Crippen molar-refractivity contribution in [1.82, 2.24) is 19.8 Å². The summed E-state index contributed by atoms with van der Waals surface area (Å²) in [5.74, 6) is 1.30. The van der Waals surface area contributed by atoms with Crippen molar-refractivity contribution in [2.24, 2.45) is 0 Å². The molecule has 2 aliphatic heterocycles. The average Bonchev–Trinajstić information content (AvgIpc) is 2.68. The Labute approximate surface area is 154 Å².